The Hall–Kier alpha value is -1.97. The van der Waals surface area contributed by atoms with Crippen LogP contribution in [0.1, 0.15) is 76.7 Å². The first-order chi connectivity index (χ1) is 14.4. The van der Waals surface area contributed by atoms with Gasteiger partial charge in [-0.05, 0) is 59.4 Å². The number of hydrogen-bond donors (Lipinski definition) is 0. The predicted molar refractivity (Wildman–Crippen MR) is 117 cm³/mol. The molecule has 0 N–H and O–H groups in total. The van der Waals surface area contributed by atoms with E-state index < -0.39 is 6.36 Å². The van der Waals surface area contributed by atoms with Gasteiger partial charge in [-0.25, -0.2) is 0 Å². The summed E-state index contributed by atoms with van der Waals surface area (Å²) in [5, 5.41) is 0. The summed E-state index contributed by atoms with van der Waals surface area (Å²) in [6, 6.07) is 14.8. The molecule has 3 atom stereocenters. The van der Waals surface area contributed by atoms with Crippen LogP contribution < -0.4 is 4.74 Å². The maximum atomic E-state index is 12.8. The molecule has 0 radical (unpaired) electrons. The van der Waals surface area contributed by atoms with Gasteiger partial charge in [0.2, 0.25) is 0 Å². The van der Waals surface area contributed by atoms with E-state index in [2.05, 4.69) is 18.6 Å². The second kappa shape index (κ2) is 10.4. The summed E-state index contributed by atoms with van der Waals surface area (Å²) in [7, 11) is 0. The predicted octanol–water partition coefficient (Wildman–Crippen LogP) is 8.74. The lowest BCUT2D eigenvalue weighted by atomic mass is 9.71. The van der Waals surface area contributed by atoms with Crippen molar-refractivity contribution in [2.75, 3.05) is 0 Å². The second-order valence-electron chi connectivity index (χ2n) is 8.76. The second-order valence-corrected chi connectivity index (χ2v) is 8.76. The Balaban J connectivity index is 1.86. The minimum Gasteiger partial charge on any atom is -0.406 e. The molecule has 0 saturated heterocycles. The Bertz CT molecular complexity index is 785. The molecule has 1 aliphatic rings. The molecular weight excluding hydrogens is 385 g/mol. The zero-order chi connectivity index (χ0) is 21.6. The molecule has 30 heavy (non-hydrogen) atoms. The fourth-order valence-electron chi connectivity index (χ4n) is 4.94. The minimum absolute atomic E-state index is 0.115. The van der Waals surface area contributed by atoms with E-state index in [-0.39, 0.29) is 11.7 Å². The molecule has 0 aliphatic heterocycles. The lowest BCUT2D eigenvalue weighted by molar-refractivity contribution is -0.274. The van der Waals surface area contributed by atoms with Gasteiger partial charge in [0, 0.05) is 0 Å². The maximum Gasteiger partial charge on any atom is 0.573 e. The van der Waals surface area contributed by atoms with Crippen molar-refractivity contribution >= 4 is 0 Å². The Kier molecular flexibility index (Phi) is 7.85. The van der Waals surface area contributed by atoms with E-state index >= 15 is 0 Å². The minimum atomic E-state index is -4.67. The van der Waals surface area contributed by atoms with E-state index in [0.717, 1.165) is 36.0 Å². The molecule has 0 spiro atoms. The van der Waals surface area contributed by atoms with E-state index in [1.807, 2.05) is 30.3 Å². The lowest BCUT2D eigenvalue weighted by Gasteiger charge is -2.34. The van der Waals surface area contributed by atoms with Gasteiger partial charge in [0.05, 0.1) is 0 Å². The third-order valence-corrected chi connectivity index (χ3v) is 6.56. The van der Waals surface area contributed by atoms with Crippen LogP contribution in [-0.2, 0) is 0 Å². The number of benzene rings is 2. The van der Waals surface area contributed by atoms with E-state index in [9.17, 15) is 13.2 Å². The van der Waals surface area contributed by atoms with Gasteiger partial charge in [-0.1, -0.05) is 88.8 Å². The van der Waals surface area contributed by atoms with Crippen LogP contribution in [0.5, 0.6) is 5.75 Å². The Labute approximate surface area is 178 Å². The van der Waals surface area contributed by atoms with Crippen molar-refractivity contribution in [3.63, 3.8) is 0 Å². The van der Waals surface area contributed by atoms with Crippen LogP contribution in [0, 0.1) is 11.8 Å². The molecule has 1 aliphatic carbocycles. The van der Waals surface area contributed by atoms with Crippen LogP contribution in [0.15, 0.2) is 48.5 Å². The zero-order valence-electron chi connectivity index (χ0n) is 18.0. The van der Waals surface area contributed by atoms with Crippen LogP contribution in [-0.4, -0.2) is 6.36 Å². The number of ether oxygens (including phenoxy) is 1. The Morgan fingerprint density at radius 2 is 1.80 bits per heavy atom. The van der Waals surface area contributed by atoms with Crippen molar-refractivity contribution in [2.24, 2.45) is 11.8 Å². The molecule has 0 amide bonds. The Morgan fingerprint density at radius 3 is 2.50 bits per heavy atom. The summed E-state index contributed by atoms with van der Waals surface area (Å²) in [5.41, 5.74) is 3.06. The highest BCUT2D eigenvalue weighted by Crippen LogP contribution is 2.44. The molecule has 1 fully saturated rings. The van der Waals surface area contributed by atoms with Crippen LogP contribution >= 0.6 is 0 Å². The first-order valence-electron chi connectivity index (χ1n) is 11.3. The molecule has 2 aromatic rings. The van der Waals surface area contributed by atoms with Gasteiger partial charge >= 0.3 is 6.36 Å². The molecule has 1 saturated carbocycles. The first-order valence-corrected chi connectivity index (χ1v) is 11.3. The van der Waals surface area contributed by atoms with Gasteiger partial charge in [-0.3, -0.25) is 0 Å². The summed E-state index contributed by atoms with van der Waals surface area (Å²) in [6.07, 6.45) is 4.76. The normalized spacial score (nSPS) is 20.7. The van der Waals surface area contributed by atoms with E-state index in [0.29, 0.717) is 11.8 Å². The van der Waals surface area contributed by atoms with E-state index in [1.54, 1.807) is 12.1 Å². The fourth-order valence-corrected chi connectivity index (χ4v) is 4.94. The third kappa shape index (κ3) is 6.26. The number of alkyl halides is 3. The van der Waals surface area contributed by atoms with E-state index in [1.165, 1.54) is 38.2 Å². The average molecular weight is 419 g/mol. The molecule has 0 bridgehead atoms. The quantitative estimate of drug-likeness (QED) is 0.389. The Morgan fingerprint density at radius 1 is 1.03 bits per heavy atom. The van der Waals surface area contributed by atoms with Crippen LogP contribution in [0.4, 0.5) is 13.2 Å². The van der Waals surface area contributed by atoms with Gasteiger partial charge in [-0.15, -0.1) is 13.2 Å². The molecule has 4 heteroatoms. The topological polar surface area (TPSA) is 9.23 Å². The van der Waals surface area contributed by atoms with Crippen molar-refractivity contribution < 1.29 is 17.9 Å². The molecule has 0 heterocycles. The highest BCUT2D eigenvalue weighted by Gasteiger charge is 2.33. The summed E-state index contributed by atoms with van der Waals surface area (Å²) < 4.78 is 42.8. The molecule has 3 unspecified atom stereocenters. The molecule has 1 nitrogen and oxygen atoms in total. The van der Waals surface area contributed by atoms with Crippen molar-refractivity contribution in [3.05, 3.63) is 54.1 Å². The van der Waals surface area contributed by atoms with Gasteiger partial charge in [0.15, 0.2) is 0 Å². The first kappa shape index (κ1) is 22.7. The number of halogens is 3. The lowest BCUT2D eigenvalue weighted by Crippen LogP contribution is -2.21. The molecule has 0 aromatic heterocycles. The summed E-state index contributed by atoms with van der Waals surface area (Å²) >= 11 is 0. The van der Waals surface area contributed by atoms with Crippen LogP contribution in [0.25, 0.3) is 11.1 Å². The standard InChI is InChI=1S/C26H33F3O/c1-3-4-6-10-19(2)21-13-9-14-22(17-21)25-18-23(30-26(27,28)29)15-16-24(25)20-11-7-5-8-12-20/h5,7-8,11-12,15-16,18-19,21-22H,3-4,6,9-10,13-14,17H2,1-2H3. The molecular formula is C26H33F3O. The van der Waals surface area contributed by atoms with Gasteiger partial charge < -0.3 is 4.74 Å². The highest BCUT2D eigenvalue weighted by molar-refractivity contribution is 5.69. The van der Waals surface area contributed by atoms with Crippen molar-refractivity contribution in [1.82, 2.24) is 0 Å². The molecule has 3 rings (SSSR count). The SMILES string of the molecule is CCCCCC(C)C1CCCC(c2cc(OC(F)(F)F)ccc2-c2ccccc2)C1. The third-order valence-electron chi connectivity index (χ3n) is 6.56. The molecule has 164 valence electrons. The van der Waals surface area contributed by atoms with E-state index in [4.69, 9.17) is 0 Å². The van der Waals surface area contributed by atoms with Crippen molar-refractivity contribution in [2.45, 2.75) is 77.5 Å². The van der Waals surface area contributed by atoms with Crippen molar-refractivity contribution in [3.8, 4) is 16.9 Å². The zero-order valence-corrected chi connectivity index (χ0v) is 18.0. The van der Waals surface area contributed by atoms with Gasteiger partial charge in [-0.2, -0.15) is 0 Å². The largest absolute Gasteiger partial charge is 0.573 e. The average Bonchev–Trinajstić information content (AvgIpc) is 2.73. The highest BCUT2D eigenvalue weighted by atomic mass is 19.4. The van der Waals surface area contributed by atoms with Crippen molar-refractivity contribution in [1.29, 1.82) is 0 Å². The fraction of sp³-hybridized carbons (Fsp3) is 0.538. The van der Waals surface area contributed by atoms with Gasteiger partial charge in [0.1, 0.15) is 5.75 Å². The maximum absolute atomic E-state index is 12.8. The smallest absolute Gasteiger partial charge is 0.406 e. The monoisotopic (exact) mass is 418 g/mol. The number of unbranched alkanes of at least 4 members (excludes halogenated alkanes) is 2. The molecule has 2 aromatic carbocycles. The summed E-state index contributed by atoms with van der Waals surface area (Å²) in [5.74, 6) is 1.45. The summed E-state index contributed by atoms with van der Waals surface area (Å²) in [4.78, 5) is 0. The summed E-state index contributed by atoms with van der Waals surface area (Å²) in [6.45, 7) is 4.58. The number of hydrogen-bond acceptors (Lipinski definition) is 1. The van der Waals surface area contributed by atoms with Crippen LogP contribution in [0.3, 0.4) is 0 Å². The number of rotatable bonds is 8. The van der Waals surface area contributed by atoms with Gasteiger partial charge in [0.25, 0.3) is 0 Å². The van der Waals surface area contributed by atoms with Crippen LogP contribution in [0.2, 0.25) is 0 Å².